The van der Waals surface area contributed by atoms with Crippen LogP contribution in [0.4, 0.5) is 14.5 Å². The molecule has 0 aliphatic heterocycles. The summed E-state index contributed by atoms with van der Waals surface area (Å²) in [6, 6.07) is 9.70. The molecule has 0 bridgehead atoms. The molecule has 0 fully saturated rings. The van der Waals surface area contributed by atoms with Crippen LogP contribution in [0.2, 0.25) is 5.02 Å². The second kappa shape index (κ2) is 8.39. The third-order valence-corrected chi connectivity index (χ3v) is 3.51. The Morgan fingerprint density at radius 3 is 2.48 bits per heavy atom. The van der Waals surface area contributed by atoms with E-state index >= 15 is 0 Å². The van der Waals surface area contributed by atoms with Gasteiger partial charge in [0.1, 0.15) is 11.6 Å². The van der Waals surface area contributed by atoms with Crippen molar-refractivity contribution in [3.05, 3.63) is 70.8 Å². The predicted octanol–water partition coefficient (Wildman–Crippen LogP) is 4.20. The number of carbonyl (C=O) groups excluding carboxylic acids is 2. The van der Waals surface area contributed by atoms with Gasteiger partial charge in [-0.2, -0.15) is 0 Å². The molecule has 7 heteroatoms. The number of hydrogen-bond donors (Lipinski definition) is 1. The molecule has 1 N–H and O–H groups in total. The van der Waals surface area contributed by atoms with Crippen LogP contribution < -0.4 is 5.32 Å². The number of esters is 1. The second-order valence-electron chi connectivity index (χ2n) is 5.02. The molecule has 2 rings (SSSR count). The maximum Gasteiger partial charge on any atom is 0.331 e. The maximum atomic E-state index is 13.6. The van der Waals surface area contributed by atoms with Gasteiger partial charge in [-0.1, -0.05) is 29.8 Å². The van der Waals surface area contributed by atoms with E-state index in [4.69, 9.17) is 16.3 Å². The largest absolute Gasteiger partial charge is 0.449 e. The molecule has 0 spiro atoms. The van der Waals surface area contributed by atoms with Crippen LogP contribution in [0.15, 0.2) is 48.5 Å². The van der Waals surface area contributed by atoms with Crippen molar-refractivity contribution < 1.29 is 23.1 Å². The standard InChI is InChI=1S/C18H14ClF2NO3/c1-11(18(24)22-16-8-3-2-6-15(16)21)25-17(23)10-9-12-13(19)5-4-7-14(12)20/h2-11H,1H3,(H,22,24)/b10-9+/t11-/m0/s1. The number of nitrogens with one attached hydrogen (secondary N) is 1. The van der Waals surface area contributed by atoms with E-state index in [9.17, 15) is 18.4 Å². The van der Waals surface area contributed by atoms with E-state index in [1.165, 1.54) is 43.3 Å². The molecule has 1 amide bonds. The molecule has 4 nitrogen and oxygen atoms in total. The Labute approximate surface area is 148 Å². The average Bonchev–Trinajstić information content (AvgIpc) is 2.56. The first-order chi connectivity index (χ1) is 11.9. The van der Waals surface area contributed by atoms with Gasteiger partial charge in [-0.15, -0.1) is 0 Å². The maximum absolute atomic E-state index is 13.6. The van der Waals surface area contributed by atoms with Crippen LogP contribution >= 0.6 is 11.6 Å². The summed E-state index contributed by atoms with van der Waals surface area (Å²) < 4.78 is 32.0. The first kappa shape index (κ1) is 18.6. The highest BCUT2D eigenvalue weighted by Crippen LogP contribution is 2.20. The molecule has 0 radical (unpaired) electrons. The molecule has 0 heterocycles. The van der Waals surface area contributed by atoms with Gasteiger partial charge in [-0.05, 0) is 37.3 Å². The fraction of sp³-hybridized carbons (Fsp3) is 0.111. The fourth-order valence-electron chi connectivity index (χ4n) is 1.89. The van der Waals surface area contributed by atoms with Crippen LogP contribution in [0, 0.1) is 11.6 Å². The number of halogens is 3. The van der Waals surface area contributed by atoms with Crippen molar-refractivity contribution in [2.75, 3.05) is 5.32 Å². The highest BCUT2D eigenvalue weighted by molar-refractivity contribution is 6.32. The van der Waals surface area contributed by atoms with Gasteiger partial charge in [0, 0.05) is 11.6 Å². The van der Waals surface area contributed by atoms with Crippen LogP contribution in [0.1, 0.15) is 12.5 Å². The lowest BCUT2D eigenvalue weighted by Gasteiger charge is -2.12. The van der Waals surface area contributed by atoms with E-state index in [-0.39, 0.29) is 16.3 Å². The number of rotatable bonds is 5. The van der Waals surface area contributed by atoms with Crippen molar-refractivity contribution in [2.45, 2.75) is 13.0 Å². The summed E-state index contributed by atoms with van der Waals surface area (Å²) in [6.07, 6.45) is 0.936. The molecule has 0 aliphatic rings. The van der Waals surface area contributed by atoms with Crippen LogP contribution in [-0.2, 0) is 14.3 Å². The van der Waals surface area contributed by atoms with Gasteiger partial charge >= 0.3 is 5.97 Å². The zero-order valence-corrected chi connectivity index (χ0v) is 13.9. The molecule has 0 unspecified atom stereocenters. The van der Waals surface area contributed by atoms with E-state index in [1.54, 1.807) is 6.07 Å². The Morgan fingerprint density at radius 1 is 1.12 bits per heavy atom. The van der Waals surface area contributed by atoms with Crippen LogP contribution in [0.5, 0.6) is 0 Å². The van der Waals surface area contributed by atoms with Crippen molar-refractivity contribution in [1.29, 1.82) is 0 Å². The molecule has 0 saturated carbocycles. The van der Waals surface area contributed by atoms with Crippen molar-refractivity contribution in [3.8, 4) is 0 Å². The molecule has 0 saturated heterocycles. The smallest absolute Gasteiger partial charge is 0.331 e. The normalized spacial score (nSPS) is 12.0. The minimum absolute atomic E-state index is 0.0240. The van der Waals surface area contributed by atoms with Gasteiger partial charge < -0.3 is 10.1 Å². The van der Waals surface area contributed by atoms with Gasteiger partial charge in [-0.25, -0.2) is 13.6 Å². The number of ether oxygens (including phenoxy) is 1. The molecule has 0 aromatic heterocycles. The van der Waals surface area contributed by atoms with Crippen LogP contribution in [0.25, 0.3) is 6.08 Å². The topological polar surface area (TPSA) is 55.4 Å². The molecule has 0 aliphatic carbocycles. The highest BCUT2D eigenvalue weighted by Gasteiger charge is 2.18. The average molecular weight is 366 g/mol. The summed E-state index contributed by atoms with van der Waals surface area (Å²) in [5.74, 6) is -2.77. The molecular weight excluding hydrogens is 352 g/mol. The Balaban J connectivity index is 1.97. The predicted molar refractivity (Wildman–Crippen MR) is 91.0 cm³/mol. The lowest BCUT2D eigenvalue weighted by Crippen LogP contribution is -2.29. The minimum Gasteiger partial charge on any atom is -0.449 e. The zero-order valence-electron chi connectivity index (χ0n) is 13.1. The highest BCUT2D eigenvalue weighted by atomic mass is 35.5. The van der Waals surface area contributed by atoms with Crippen molar-refractivity contribution in [2.24, 2.45) is 0 Å². The lowest BCUT2D eigenvalue weighted by atomic mass is 10.2. The quantitative estimate of drug-likeness (QED) is 0.638. The molecule has 25 heavy (non-hydrogen) atoms. The van der Waals surface area contributed by atoms with E-state index < -0.39 is 29.6 Å². The van der Waals surface area contributed by atoms with Crippen molar-refractivity contribution in [1.82, 2.24) is 0 Å². The Bertz CT molecular complexity index is 803. The van der Waals surface area contributed by atoms with Gasteiger partial charge in [0.25, 0.3) is 5.91 Å². The number of anilines is 1. The van der Waals surface area contributed by atoms with E-state index in [0.717, 1.165) is 12.2 Å². The number of carbonyl (C=O) groups is 2. The van der Waals surface area contributed by atoms with E-state index in [1.807, 2.05) is 0 Å². The molecule has 2 aromatic carbocycles. The van der Waals surface area contributed by atoms with Crippen molar-refractivity contribution in [3.63, 3.8) is 0 Å². The Hall–Kier alpha value is -2.73. The molecular formula is C18H14ClF2NO3. The number of para-hydroxylation sites is 1. The molecule has 1 atom stereocenters. The zero-order chi connectivity index (χ0) is 18.4. The summed E-state index contributed by atoms with van der Waals surface area (Å²) >= 11 is 5.83. The summed E-state index contributed by atoms with van der Waals surface area (Å²) in [5, 5.41) is 2.44. The summed E-state index contributed by atoms with van der Waals surface area (Å²) in [4.78, 5) is 23.7. The monoisotopic (exact) mass is 365 g/mol. The third kappa shape index (κ3) is 5.12. The Kier molecular flexibility index (Phi) is 6.25. The van der Waals surface area contributed by atoms with E-state index in [2.05, 4.69) is 5.32 Å². The third-order valence-electron chi connectivity index (χ3n) is 3.18. The van der Waals surface area contributed by atoms with Crippen LogP contribution in [0.3, 0.4) is 0 Å². The van der Waals surface area contributed by atoms with Gasteiger partial charge in [-0.3, -0.25) is 4.79 Å². The summed E-state index contributed by atoms with van der Waals surface area (Å²) in [7, 11) is 0. The van der Waals surface area contributed by atoms with Gasteiger partial charge in [0.15, 0.2) is 6.10 Å². The first-order valence-corrected chi connectivity index (χ1v) is 7.64. The van der Waals surface area contributed by atoms with Gasteiger partial charge in [0.05, 0.1) is 10.7 Å². The molecule has 2 aromatic rings. The summed E-state index contributed by atoms with van der Waals surface area (Å²) in [6.45, 7) is 1.33. The second-order valence-corrected chi connectivity index (χ2v) is 5.42. The lowest BCUT2D eigenvalue weighted by molar-refractivity contribution is -0.148. The molecule has 130 valence electrons. The SMILES string of the molecule is C[C@H](OC(=O)/C=C/c1c(F)cccc1Cl)C(=O)Nc1ccccc1F. The first-order valence-electron chi connectivity index (χ1n) is 7.26. The van der Waals surface area contributed by atoms with E-state index in [0.29, 0.717) is 0 Å². The fourth-order valence-corrected chi connectivity index (χ4v) is 2.11. The van der Waals surface area contributed by atoms with Gasteiger partial charge in [0.2, 0.25) is 0 Å². The Morgan fingerprint density at radius 2 is 1.80 bits per heavy atom. The van der Waals surface area contributed by atoms with Crippen LogP contribution in [-0.4, -0.2) is 18.0 Å². The number of amides is 1. The summed E-state index contributed by atoms with van der Waals surface area (Å²) in [5.41, 5.74) is 0.00802. The van der Waals surface area contributed by atoms with Crippen molar-refractivity contribution >= 4 is 35.2 Å². The number of hydrogen-bond acceptors (Lipinski definition) is 3. The number of benzene rings is 2. The minimum atomic E-state index is -1.17.